The van der Waals surface area contributed by atoms with Gasteiger partial charge in [0.1, 0.15) is 0 Å². The molecule has 0 spiro atoms. The molecule has 1 saturated heterocycles. The van der Waals surface area contributed by atoms with Crippen LogP contribution in [0.2, 0.25) is 0 Å². The summed E-state index contributed by atoms with van der Waals surface area (Å²) in [6.45, 7) is 9.47. The van der Waals surface area contributed by atoms with Crippen molar-refractivity contribution in [3.63, 3.8) is 0 Å². The second-order valence-electron chi connectivity index (χ2n) is 6.69. The highest BCUT2D eigenvalue weighted by atomic mass is 16.1. The molecule has 0 radical (unpaired) electrons. The van der Waals surface area contributed by atoms with E-state index in [2.05, 4.69) is 53.9 Å². The summed E-state index contributed by atoms with van der Waals surface area (Å²) in [5.74, 6) is 0.0417. The van der Waals surface area contributed by atoms with Gasteiger partial charge >= 0.3 is 0 Å². The molecular weight excluding hydrogens is 286 g/mol. The third-order valence-electron chi connectivity index (χ3n) is 4.97. The van der Waals surface area contributed by atoms with Crippen LogP contribution in [-0.2, 0) is 0 Å². The Labute approximate surface area is 138 Å². The number of rotatable bonds is 5. The van der Waals surface area contributed by atoms with Crippen LogP contribution in [0.15, 0.2) is 30.5 Å². The summed E-state index contributed by atoms with van der Waals surface area (Å²) in [4.78, 5) is 15.1. The van der Waals surface area contributed by atoms with Crippen LogP contribution in [0.3, 0.4) is 0 Å². The van der Waals surface area contributed by atoms with Gasteiger partial charge < -0.3 is 9.88 Å². The highest BCUT2D eigenvalue weighted by Gasteiger charge is 2.23. The Morgan fingerprint density at radius 3 is 2.91 bits per heavy atom. The summed E-state index contributed by atoms with van der Waals surface area (Å²) in [6, 6.07) is 8.92. The zero-order chi connectivity index (χ0) is 16.4. The van der Waals surface area contributed by atoms with Crippen molar-refractivity contribution in [2.24, 2.45) is 0 Å². The number of likely N-dealkylation sites (tertiary alicyclic amines) is 1. The van der Waals surface area contributed by atoms with Crippen molar-refractivity contribution in [3.05, 3.63) is 36.0 Å². The maximum atomic E-state index is 12.7. The minimum atomic E-state index is 0.0417. The Balaban J connectivity index is 1.76. The summed E-state index contributed by atoms with van der Waals surface area (Å²) in [5.41, 5.74) is 1.91. The number of carbonyl (C=O) groups excluding carboxylic acids is 1. The van der Waals surface area contributed by atoms with Crippen molar-refractivity contribution in [2.45, 2.75) is 45.7 Å². The van der Waals surface area contributed by atoms with E-state index in [1.807, 2.05) is 12.1 Å². The smallest absolute Gasteiger partial charge is 0.252 e. The topological polar surface area (TPSA) is 37.3 Å². The highest BCUT2D eigenvalue weighted by molar-refractivity contribution is 6.06. The number of hydrogen-bond acceptors (Lipinski definition) is 2. The van der Waals surface area contributed by atoms with Gasteiger partial charge in [-0.3, -0.25) is 9.69 Å². The van der Waals surface area contributed by atoms with Crippen molar-refractivity contribution in [1.29, 1.82) is 0 Å². The Morgan fingerprint density at radius 1 is 1.35 bits per heavy atom. The summed E-state index contributed by atoms with van der Waals surface area (Å²) >= 11 is 0. The molecule has 1 aliphatic heterocycles. The number of nitrogens with zero attached hydrogens (tertiary/aromatic N) is 2. The van der Waals surface area contributed by atoms with E-state index in [1.165, 1.54) is 12.8 Å². The van der Waals surface area contributed by atoms with E-state index in [9.17, 15) is 4.79 Å². The zero-order valence-electron chi connectivity index (χ0n) is 14.4. The summed E-state index contributed by atoms with van der Waals surface area (Å²) < 4.78 is 2.21. The lowest BCUT2D eigenvalue weighted by atomic mass is 10.1. The van der Waals surface area contributed by atoms with Gasteiger partial charge in [-0.2, -0.15) is 0 Å². The van der Waals surface area contributed by atoms with Gasteiger partial charge in [-0.25, -0.2) is 0 Å². The molecule has 1 aromatic carbocycles. The molecule has 0 aliphatic carbocycles. The molecule has 2 aromatic rings. The first kappa shape index (κ1) is 16.1. The molecule has 2 heterocycles. The van der Waals surface area contributed by atoms with E-state index < -0.39 is 0 Å². The molecule has 23 heavy (non-hydrogen) atoms. The van der Waals surface area contributed by atoms with Crippen LogP contribution in [0.4, 0.5) is 0 Å². The standard InChI is InChI=1S/C19H27N3O/c1-4-21-11-6-7-15(21)13-20-19(23)17-8-5-9-18-16(17)10-12-22(18)14(2)3/h5,8-10,12,14-15H,4,6-7,11,13H2,1-3H3,(H,20,23). The van der Waals surface area contributed by atoms with Gasteiger partial charge in [0.25, 0.3) is 5.91 Å². The van der Waals surface area contributed by atoms with Crippen LogP contribution in [0.1, 0.15) is 50.0 Å². The molecule has 1 unspecified atom stereocenters. The van der Waals surface area contributed by atoms with Crippen LogP contribution in [-0.4, -0.2) is 41.1 Å². The first-order chi connectivity index (χ1) is 11.1. The number of nitrogens with one attached hydrogen (secondary N) is 1. The van der Waals surface area contributed by atoms with Crippen LogP contribution in [0, 0.1) is 0 Å². The molecule has 1 aromatic heterocycles. The Bertz CT molecular complexity index is 689. The lowest BCUT2D eigenvalue weighted by molar-refractivity contribution is 0.0943. The van der Waals surface area contributed by atoms with E-state index >= 15 is 0 Å². The largest absolute Gasteiger partial charge is 0.350 e. The lowest BCUT2D eigenvalue weighted by Crippen LogP contribution is -2.40. The minimum absolute atomic E-state index is 0.0417. The Kier molecular flexibility index (Phi) is 4.71. The molecule has 1 aliphatic rings. The Morgan fingerprint density at radius 2 is 2.17 bits per heavy atom. The molecule has 1 atom stereocenters. The van der Waals surface area contributed by atoms with Crippen molar-refractivity contribution in [2.75, 3.05) is 19.6 Å². The molecule has 3 rings (SSSR count). The number of fused-ring (bicyclic) bond motifs is 1. The molecule has 1 fully saturated rings. The minimum Gasteiger partial charge on any atom is -0.350 e. The molecule has 4 nitrogen and oxygen atoms in total. The average Bonchev–Trinajstić information content (AvgIpc) is 3.18. The fourth-order valence-electron chi connectivity index (χ4n) is 3.69. The molecular formula is C19H27N3O. The zero-order valence-corrected chi connectivity index (χ0v) is 14.4. The van der Waals surface area contributed by atoms with E-state index in [-0.39, 0.29) is 5.91 Å². The third kappa shape index (κ3) is 3.13. The monoisotopic (exact) mass is 313 g/mol. The summed E-state index contributed by atoms with van der Waals surface area (Å²) in [6.07, 6.45) is 4.49. The predicted molar refractivity (Wildman–Crippen MR) is 94.9 cm³/mol. The number of amides is 1. The van der Waals surface area contributed by atoms with Gasteiger partial charge in [-0.15, -0.1) is 0 Å². The summed E-state index contributed by atoms with van der Waals surface area (Å²) in [5, 5.41) is 4.19. The SMILES string of the molecule is CCN1CCCC1CNC(=O)c1cccc2c1ccn2C(C)C. The van der Waals surface area contributed by atoms with Crippen LogP contribution < -0.4 is 5.32 Å². The third-order valence-corrected chi connectivity index (χ3v) is 4.97. The van der Waals surface area contributed by atoms with Gasteiger partial charge in [0, 0.05) is 41.3 Å². The highest BCUT2D eigenvalue weighted by Crippen LogP contribution is 2.23. The van der Waals surface area contributed by atoms with Gasteiger partial charge in [0.05, 0.1) is 0 Å². The quantitative estimate of drug-likeness (QED) is 0.918. The number of hydrogen-bond donors (Lipinski definition) is 1. The van der Waals surface area contributed by atoms with E-state index in [4.69, 9.17) is 0 Å². The molecule has 0 bridgehead atoms. The van der Waals surface area contributed by atoms with Gasteiger partial charge in [-0.1, -0.05) is 13.0 Å². The van der Waals surface area contributed by atoms with E-state index in [0.29, 0.717) is 12.1 Å². The van der Waals surface area contributed by atoms with Crippen molar-refractivity contribution >= 4 is 16.8 Å². The van der Waals surface area contributed by atoms with Crippen molar-refractivity contribution in [3.8, 4) is 0 Å². The molecule has 4 heteroatoms. The van der Waals surface area contributed by atoms with Gasteiger partial charge in [0.2, 0.25) is 0 Å². The number of carbonyl (C=O) groups is 1. The van der Waals surface area contributed by atoms with Crippen molar-refractivity contribution in [1.82, 2.24) is 14.8 Å². The maximum Gasteiger partial charge on any atom is 0.252 e. The fourth-order valence-corrected chi connectivity index (χ4v) is 3.69. The predicted octanol–water partition coefficient (Wildman–Crippen LogP) is 3.44. The van der Waals surface area contributed by atoms with Gasteiger partial charge in [-0.05, 0) is 58.0 Å². The first-order valence-corrected chi connectivity index (χ1v) is 8.73. The Hall–Kier alpha value is -1.81. The van der Waals surface area contributed by atoms with Crippen LogP contribution in [0.25, 0.3) is 10.9 Å². The molecule has 1 amide bonds. The fraction of sp³-hybridized carbons (Fsp3) is 0.526. The molecule has 1 N–H and O–H groups in total. The van der Waals surface area contributed by atoms with Crippen LogP contribution in [0.5, 0.6) is 0 Å². The molecule has 124 valence electrons. The lowest BCUT2D eigenvalue weighted by Gasteiger charge is -2.23. The number of aromatic nitrogens is 1. The maximum absolute atomic E-state index is 12.7. The second-order valence-corrected chi connectivity index (χ2v) is 6.69. The van der Waals surface area contributed by atoms with Crippen molar-refractivity contribution < 1.29 is 4.79 Å². The number of benzene rings is 1. The normalized spacial score (nSPS) is 18.9. The van der Waals surface area contributed by atoms with E-state index in [0.717, 1.165) is 36.1 Å². The van der Waals surface area contributed by atoms with Gasteiger partial charge in [0.15, 0.2) is 0 Å². The summed E-state index contributed by atoms with van der Waals surface area (Å²) in [7, 11) is 0. The molecule has 0 saturated carbocycles. The average molecular weight is 313 g/mol. The second kappa shape index (κ2) is 6.75. The number of likely N-dealkylation sites (N-methyl/N-ethyl adjacent to an activating group) is 1. The van der Waals surface area contributed by atoms with E-state index in [1.54, 1.807) is 0 Å². The van der Waals surface area contributed by atoms with Crippen LogP contribution >= 0.6 is 0 Å². The first-order valence-electron chi connectivity index (χ1n) is 8.73.